The van der Waals surface area contributed by atoms with Crippen LogP contribution in [0.15, 0.2) is 10.7 Å². The van der Waals surface area contributed by atoms with Crippen LogP contribution < -0.4 is 5.43 Å². The van der Waals surface area contributed by atoms with Crippen LogP contribution in [0.25, 0.3) is 6.08 Å². The molecule has 0 spiro atoms. The van der Waals surface area contributed by atoms with Gasteiger partial charge in [0.15, 0.2) is 0 Å². The number of carbonyl (C=O) groups is 1. The SMILES string of the molecule is Cc1[nH]c(C=C2C(=O)NN=C2C2CC2)c(C2CC2)c1CCCCN1CCCC1. The average molecular weight is 381 g/mol. The monoisotopic (exact) mass is 380 g/mol. The van der Waals surface area contributed by atoms with Gasteiger partial charge < -0.3 is 9.88 Å². The Morgan fingerprint density at radius 2 is 1.86 bits per heavy atom. The second kappa shape index (κ2) is 7.51. The normalized spacial score (nSPS) is 24.2. The van der Waals surface area contributed by atoms with Gasteiger partial charge in [-0.1, -0.05) is 0 Å². The Labute approximate surface area is 167 Å². The largest absolute Gasteiger partial charge is 0.359 e. The first kappa shape index (κ1) is 18.2. The molecule has 2 saturated carbocycles. The number of unbranched alkanes of at least 4 members (excludes halogenated alkanes) is 1. The fraction of sp³-hybridized carbons (Fsp3) is 0.652. The molecule has 5 nitrogen and oxygen atoms in total. The predicted molar refractivity (Wildman–Crippen MR) is 112 cm³/mol. The second-order valence-electron chi connectivity index (χ2n) is 9.11. The number of carbonyl (C=O) groups excluding carboxylic acids is 1. The van der Waals surface area contributed by atoms with Crippen molar-refractivity contribution in [1.82, 2.24) is 15.3 Å². The zero-order chi connectivity index (χ0) is 19.1. The number of likely N-dealkylation sites (tertiary alicyclic amines) is 1. The van der Waals surface area contributed by atoms with Crippen LogP contribution >= 0.6 is 0 Å². The summed E-state index contributed by atoms with van der Waals surface area (Å²) < 4.78 is 0. The summed E-state index contributed by atoms with van der Waals surface area (Å²) in [5.74, 6) is 1.12. The molecule has 1 aromatic rings. The smallest absolute Gasteiger partial charge is 0.273 e. The van der Waals surface area contributed by atoms with Crippen molar-refractivity contribution in [2.24, 2.45) is 11.0 Å². The number of nitrogens with zero attached hydrogens (tertiary/aromatic N) is 2. The highest BCUT2D eigenvalue weighted by atomic mass is 16.2. The zero-order valence-electron chi connectivity index (χ0n) is 17.0. The molecule has 0 unspecified atom stereocenters. The van der Waals surface area contributed by atoms with E-state index in [0.29, 0.717) is 11.8 Å². The van der Waals surface area contributed by atoms with Gasteiger partial charge in [0.05, 0.1) is 11.3 Å². The van der Waals surface area contributed by atoms with Gasteiger partial charge in [0, 0.05) is 17.3 Å². The molecule has 2 aliphatic carbocycles. The van der Waals surface area contributed by atoms with Crippen molar-refractivity contribution in [2.75, 3.05) is 19.6 Å². The van der Waals surface area contributed by atoms with Crippen molar-refractivity contribution in [3.05, 3.63) is 28.1 Å². The van der Waals surface area contributed by atoms with Crippen LogP contribution in [-0.4, -0.2) is 41.1 Å². The number of amides is 1. The van der Waals surface area contributed by atoms with Gasteiger partial charge in [-0.3, -0.25) is 4.79 Å². The van der Waals surface area contributed by atoms with Crippen molar-refractivity contribution in [3.8, 4) is 0 Å². The Kier molecular flexibility index (Phi) is 4.87. The maximum Gasteiger partial charge on any atom is 0.273 e. The summed E-state index contributed by atoms with van der Waals surface area (Å²) in [6.07, 6.45) is 13.4. The molecular weight excluding hydrogens is 348 g/mol. The molecule has 28 heavy (non-hydrogen) atoms. The van der Waals surface area contributed by atoms with Gasteiger partial charge in [0.2, 0.25) is 0 Å². The lowest BCUT2D eigenvalue weighted by atomic mass is 9.97. The highest BCUT2D eigenvalue weighted by molar-refractivity contribution is 6.28. The number of hydrazone groups is 1. The van der Waals surface area contributed by atoms with Gasteiger partial charge in [0.25, 0.3) is 5.91 Å². The number of aromatic amines is 1. The lowest BCUT2D eigenvalue weighted by molar-refractivity contribution is -0.116. The van der Waals surface area contributed by atoms with Gasteiger partial charge in [-0.15, -0.1) is 0 Å². The highest BCUT2D eigenvalue weighted by Crippen LogP contribution is 2.45. The first-order valence-corrected chi connectivity index (χ1v) is 11.2. The fourth-order valence-corrected chi connectivity index (χ4v) is 4.93. The number of rotatable bonds is 8. The molecule has 5 rings (SSSR count). The molecule has 150 valence electrons. The third kappa shape index (κ3) is 3.69. The molecule has 0 aromatic carbocycles. The quantitative estimate of drug-likeness (QED) is 0.531. The summed E-state index contributed by atoms with van der Waals surface area (Å²) in [5, 5.41) is 4.30. The van der Waals surface area contributed by atoms with Crippen LogP contribution in [0.5, 0.6) is 0 Å². The summed E-state index contributed by atoms with van der Waals surface area (Å²) in [6, 6.07) is 0. The van der Waals surface area contributed by atoms with E-state index in [1.54, 1.807) is 0 Å². The number of aromatic nitrogens is 1. The van der Waals surface area contributed by atoms with Crippen LogP contribution in [-0.2, 0) is 11.2 Å². The molecule has 4 aliphatic rings. The number of nitrogens with one attached hydrogen (secondary N) is 2. The first-order valence-electron chi connectivity index (χ1n) is 11.2. The zero-order valence-corrected chi connectivity index (χ0v) is 17.0. The third-order valence-corrected chi connectivity index (χ3v) is 6.78. The van der Waals surface area contributed by atoms with E-state index in [1.165, 1.54) is 75.0 Å². The molecule has 5 heteroatoms. The lowest BCUT2D eigenvalue weighted by Crippen LogP contribution is -2.20. The number of aryl methyl sites for hydroxylation is 1. The summed E-state index contributed by atoms with van der Waals surface area (Å²) >= 11 is 0. The predicted octanol–water partition coefficient (Wildman–Crippen LogP) is 3.90. The Morgan fingerprint density at radius 1 is 1.11 bits per heavy atom. The van der Waals surface area contributed by atoms with Gasteiger partial charge >= 0.3 is 0 Å². The number of hydrogen-bond donors (Lipinski definition) is 2. The molecule has 1 amide bonds. The van der Waals surface area contributed by atoms with Crippen molar-refractivity contribution in [2.45, 2.75) is 70.6 Å². The average Bonchev–Trinajstić information content (AvgIpc) is 3.59. The van der Waals surface area contributed by atoms with Crippen LogP contribution in [0.1, 0.15) is 79.8 Å². The van der Waals surface area contributed by atoms with Gasteiger partial charge in [-0.25, -0.2) is 5.43 Å². The van der Waals surface area contributed by atoms with Crippen molar-refractivity contribution >= 4 is 17.7 Å². The van der Waals surface area contributed by atoms with E-state index in [2.05, 4.69) is 33.4 Å². The summed E-state index contributed by atoms with van der Waals surface area (Å²) in [7, 11) is 0. The van der Waals surface area contributed by atoms with E-state index in [0.717, 1.165) is 36.2 Å². The summed E-state index contributed by atoms with van der Waals surface area (Å²) in [6.45, 7) is 6.04. The minimum atomic E-state index is -0.0388. The van der Waals surface area contributed by atoms with E-state index in [-0.39, 0.29) is 5.91 Å². The fourth-order valence-electron chi connectivity index (χ4n) is 4.93. The van der Waals surface area contributed by atoms with E-state index >= 15 is 0 Å². The standard InChI is InChI=1S/C23H32N4O/c1-15-18(6-2-3-11-27-12-4-5-13-27)21(16-7-8-16)20(24-15)14-19-22(17-9-10-17)25-26-23(19)28/h14,16-17,24H,2-13H2,1H3,(H,26,28). The number of hydrogen-bond acceptors (Lipinski definition) is 3. The Bertz CT molecular complexity index is 820. The topological polar surface area (TPSA) is 60.5 Å². The van der Waals surface area contributed by atoms with E-state index in [4.69, 9.17) is 0 Å². The van der Waals surface area contributed by atoms with Crippen LogP contribution in [0.2, 0.25) is 0 Å². The Morgan fingerprint density at radius 3 is 2.57 bits per heavy atom. The molecule has 2 N–H and O–H groups in total. The molecule has 2 aliphatic heterocycles. The lowest BCUT2D eigenvalue weighted by Gasteiger charge is -2.14. The molecule has 0 atom stereocenters. The van der Waals surface area contributed by atoms with E-state index < -0.39 is 0 Å². The molecule has 1 aromatic heterocycles. The van der Waals surface area contributed by atoms with E-state index in [9.17, 15) is 4.79 Å². The minimum Gasteiger partial charge on any atom is -0.359 e. The Balaban J connectivity index is 1.33. The summed E-state index contributed by atoms with van der Waals surface area (Å²) in [5.41, 5.74) is 9.89. The molecule has 3 fully saturated rings. The molecule has 0 radical (unpaired) electrons. The van der Waals surface area contributed by atoms with Crippen molar-refractivity contribution in [1.29, 1.82) is 0 Å². The molecule has 3 heterocycles. The van der Waals surface area contributed by atoms with Gasteiger partial charge in [0.1, 0.15) is 0 Å². The maximum absolute atomic E-state index is 12.3. The highest BCUT2D eigenvalue weighted by Gasteiger charge is 2.37. The minimum absolute atomic E-state index is 0.0388. The van der Waals surface area contributed by atoms with E-state index in [1.807, 2.05) is 0 Å². The van der Waals surface area contributed by atoms with Crippen molar-refractivity contribution in [3.63, 3.8) is 0 Å². The Hall–Kier alpha value is -1.88. The van der Waals surface area contributed by atoms with Crippen molar-refractivity contribution < 1.29 is 4.79 Å². The molecule has 1 saturated heterocycles. The third-order valence-electron chi connectivity index (χ3n) is 6.78. The maximum atomic E-state index is 12.3. The summed E-state index contributed by atoms with van der Waals surface area (Å²) in [4.78, 5) is 18.6. The number of H-pyrrole nitrogens is 1. The van der Waals surface area contributed by atoms with Gasteiger partial charge in [-0.05, 0) is 107 Å². The van der Waals surface area contributed by atoms with Crippen LogP contribution in [0.4, 0.5) is 0 Å². The second-order valence-corrected chi connectivity index (χ2v) is 9.11. The van der Waals surface area contributed by atoms with Crippen LogP contribution in [0, 0.1) is 12.8 Å². The first-order chi connectivity index (χ1) is 13.7. The van der Waals surface area contributed by atoms with Crippen LogP contribution in [0.3, 0.4) is 0 Å². The van der Waals surface area contributed by atoms with Gasteiger partial charge in [-0.2, -0.15) is 5.10 Å². The molecule has 0 bridgehead atoms. The molecular formula is C23H32N4O.